The van der Waals surface area contributed by atoms with Crippen molar-refractivity contribution < 1.29 is 86.2 Å². The van der Waals surface area contributed by atoms with E-state index < -0.39 is 61.5 Å². The third kappa shape index (κ3) is 29.1. The molecule has 148 heavy (non-hydrogen) atoms. The number of nitrogens with zero attached hydrogens (tertiary/aromatic N) is 13. The van der Waals surface area contributed by atoms with E-state index in [4.69, 9.17) is 101 Å². The number of carbonyl (C=O) groups is 9. The number of fused-ring (bicyclic) bond motifs is 4. The SMILES string of the molecule is CCCCOc1cc(C(N)=O)cc(N)c1NC/C=C/CNc1c(N)cc(C(N)=O)cc1OC.CCn1nc(C)cc1C(=O)Nc1nc2cc(C(N)=O)cc(OC)c2n1C/C=C/Cn1c(NC(=O)c2cc(C)nn2CC)nc2cc(C(N)=O)cc(OCCCO)c21.CCn1nc(C)cc1C(=O)O.COc1cc(C(N)=O)cc2c1C(C/C=C/Cn1c(N)nc3cc(C(N)=O)cc(OCCCO[Si](C)(C)C(C)(C)C)c31)C(N)=C2.N#CBr. The first-order chi connectivity index (χ1) is 70.3. The van der Waals surface area contributed by atoms with Crippen LogP contribution in [0.1, 0.15) is 208 Å². The lowest BCUT2D eigenvalue weighted by atomic mass is 9.93. The van der Waals surface area contributed by atoms with Crippen molar-refractivity contribution in [3.63, 3.8) is 0 Å². The Bertz CT molecular complexity index is 7050. The van der Waals surface area contributed by atoms with Gasteiger partial charge in [0.1, 0.15) is 84.5 Å². The van der Waals surface area contributed by atoms with Gasteiger partial charge < -0.3 is 125 Å². The minimum atomic E-state index is -1.86. The number of aliphatic hydroxyl groups is 1. The summed E-state index contributed by atoms with van der Waals surface area (Å²) in [6, 6.07) is 23.7. The Balaban J connectivity index is 0.000000238. The maximum Gasteiger partial charge on any atom is 0.354 e. The first-order valence-electron chi connectivity index (χ1n) is 47.2. The molecule has 788 valence electrons. The highest BCUT2D eigenvalue weighted by Crippen LogP contribution is 2.44. The number of aromatic nitrogens is 12. The van der Waals surface area contributed by atoms with E-state index in [1.807, 2.05) is 67.9 Å². The fraction of sp³-hybridized carbons (Fsp3) is 0.347. The van der Waals surface area contributed by atoms with Gasteiger partial charge in [-0.1, -0.05) is 70.6 Å². The maximum absolute atomic E-state index is 13.6. The Morgan fingerprint density at radius 3 is 1.28 bits per heavy atom. The quantitative estimate of drug-likeness (QED) is 0.00729. The molecule has 8 amide bonds. The number of ether oxygens (including phenoxy) is 6. The Hall–Kier alpha value is -16.7. The van der Waals surface area contributed by atoms with Crippen LogP contribution in [0.5, 0.6) is 34.5 Å². The summed E-state index contributed by atoms with van der Waals surface area (Å²) >= 11 is 2.45. The summed E-state index contributed by atoms with van der Waals surface area (Å²) in [6.07, 6.45) is 16.7. The van der Waals surface area contributed by atoms with E-state index in [1.54, 1.807) is 99.9 Å². The number of carbonyl (C=O) groups excluding carboxylic acids is 8. The molecule has 1 unspecified atom stereocenters. The second-order valence-corrected chi connectivity index (χ2v) is 40.3. The third-order valence-electron chi connectivity index (χ3n) is 23.7. The van der Waals surface area contributed by atoms with Crippen molar-refractivity contribution in [3.05, 3.63) is 212 Å². The van der Waals surface area contributed by atoms with Crippen LogP contribution in [0.15, 0.2) is 133 Å². The van der Waals surface area contributed by atoms with Crippen molar-refractivity contribution in [2.24, 2.45) is 40.1 Å². The summed E-state index contributed by atoms with van der Waals surface area (Å²) in [5, 5.41) is 50.3. The van der Waals surface area contributed by atoms with Crippen molar-refractivity contribution in [2.75, 3.05) is 106 Å². The number of carboxylic acid groups (broad SMARTS) is 1. The number of nitrogens with two attached hydrogens (primary N) is 10. The van der Waals surface area contributed by atoms with E-state index in [1.165, 1.54) is 61.4 Å². The standard InChI is InChI=1S/C38H44N12O7.C32H44N6O5Si.C23H32N6O4.C7H10N2O2.CBrN/c1-6-49-27(15-21(3)45-49)35(54)43-37-41-25-17-23(33(39)52)19-29(56-5)31(25)47(37)11-8-9-12-48-32-26(18-24(34(40)53)20-30(32)57-14-10-13-51)42-38(48)44-36(55)28-16-22(4)46-50(28)7-2;1-32(2,3)44(5,6)43-13-9-12-42-26-18-21(30(35)40)16-24-28(26)38(31(36)37-24)11-8-7-10-22-23(33)15-19-14-20(29(34)39)17-25(41-4)27(19)22;1-3-4-9-33-19-13-15(23(27)31)11-17(25)21(19)29-8-6-5-7-28-20-16(24)10-14(22(26)30)12-18(20)32-2;1-3-9-6(7(10)11)4-5(2)8-9;2-1-3/h8-9,15-20,51H,6-7,10-14H2,1-5H3,(H2,39,52)(H2,40,53)(H,41,43,54)(H,42,44,55);7-8,14-18,22H,9-13,33H2,1-6H3,(H2,34,39)(H2,35,40)(H2,36,37);5-6,10-13,28-29H,3-4,7-9,24-25H2,1-2H3,(H2,26,30)(H2,27,31);4H,3H2,1-2H3,(H,10,11);/b9-8+;8-7+;6-5+;;. The monoisotopic (exact) mass is 2120 g/mol. The van der Waals surface area contributed by atoms with E-state index in [-0.39, 0.29) is 88.8 Å². The topological polar surface area (TPSA) is 698 Å². The fourth-order valence-corrected chi connectivity index (χ4v) is 16.5. The average molecular weight is 2120 g/mol. The van der Waals surface area contributed by atoms with Crippen molar-refractivity contribution in [2.45, 2.75) is 165 Å². The number of methoxy groups -OCH3 is 3. The van der Waals surface area contributed by atoms with Crippen molar-refractivity contribution in [1.82, 2.24) is 58.0 Å². The summed E-state index contributed by atoms with van der Waals surface area (Å²) in [4.78, 5) is 124. The number of allylic oxidation sites excluding steroid dienone is 5. The van der Waals surface area contributed by atoms with Gasteiger partial charge in [-0.15, -0.1) is 0 Å². The number of aryl methyl sites for hydroxylation is 6. The Morgan fingerprint density at radius 1 is 0.480 bits per heavy atom. The molecule has 0 fully saturated rings. The van der Waals surface area contributed by atoms with Crippen LogP contribution in [-0.4, -0.2) is 197 Å². The van der Waals surface area contributed by atoms with Crippen molar-refractivity contribution in [3.8, 4) is 39.5 Å². The number of carboxylic acids is 1. The summed E-state index contributed by atoms with van der Waals surface area (Å²) in [7, 11) is 2.63. The predicted molar refractivity (Wildman–Crippen MR) is 573 cm³/mol. The predicted octanol–water partition coefficient (Wildman–Crippen LogP) is 11.9. The number of aromatic carboxylic acids is 1. The number of imidazole rings is 3. The number of nitriles is 1. The van der Waals surface area contributed by atoms with Crippen LogP contribution in [0.3, 0.4) is 0 Å². The van der Waals surface area contributed by atoms with Gasteiger partial charge in [-0.2, -0.15) is 20.6 Å². The number of aliphatic hydroxyl groups excluding tert-OH is 1. The number of rotatable bonds is 45. The normalized spacial score (nSPS) is 12.1. The molecule has 0 bridgehead atoms. The number of primary amides is 6. The second-order valence-electron chi connectivity index (χ2n) is 35.2. The summed E-state index contributed by atoms with van der Waals surface area (Å²) in [5.74, 6) is -2.45. The number of nitrogen functional groups attached to an aromatic ring is 3. The van der Waals surface area contributed by atoms with E-state index >= 15 is 0 Å². The zero-order valence-corrected chi connectivity index (χ0v) is 88.0. The van der Waals surface area contributed by atoms with Gasteiger partial charge in [-0.25, -0.2) is 19.7 Å². The Morgan fingerprint density at radius 2 is 0.851 bits per heavy atom. The number of halogens is 1. The number of unbranched alkanes of at least 4 members (excludes halogenated alkanes) is 1. The van der Waals surface area contributed by atoms with Gasteiger partial charge >= 0.3 is 5.97 Å². The van der Waals surface area contributed by atoms with E-state index in [0.717, 1.165) is 29.7 Å². The molecule has 26 N–H and O–H groups in total. The van der Waals surface area contributed by atoms with Gasteiger partial charge in [-0.05, 0) is 175 Å². The van der Waals surface area contributed by atoms with Crippen LogP contribution < -0.4 is 107 Å². The third-order valence-corrected chi connectivity index (χ3v) is 28.3. The molecule has 0 radical (unpaired) electrons. The highest BCUT2D eigenvalue weighted by molar-refractivity contribution is 9.12. The van der Waals surface area contributed by atoms with Gasteiger partial charge in [0.05, 0.1) is 86.2 Å². The molecule has 1 atom stereocenters. The molecular weight excluding hydrogens is 1990 g/mol. The highest BCUT2D eigenvalue weighted by Gasteiger charge is 2.37. The van der Waals surface area contributed by atoms with Crippen LogP contribution in [0, 0.1) is 31.0 Å². The van der Waals surface area contributed by atoms with E-state index in [2.05, 4.69) is 108 Å². The molecule has 0 spiro atoms. The van der Waals surface area contributed by atoms with Gasteiger partial charge in [0, 0.05) is 145 Å². The van der Waals surface area contributed by atoms with Crippen molar-refractivity contribution in [1.29, 1.82) is 5.26 Å². The number of benzene rings is 6. The molecule has 12 aromatic rings. The summed E-state index contributed by atoms with van der Waals surface area (Å²) in [5.41, 5.74) is 69.6. The van der Waals surface area contributed by atoms with Gasteiger partial charge in [0.2, 0.25) is 53.3 Å². The zero-order chi connectivity index (χ0) is 109. The largest absolute Gasteiger partial charge is 0.496 e. The van der Waals surface area contributed by atoms with Crippen molar-refractivity contribution >= 4 is 157 Å². The molecule has 13 rings (SSSR count). The number of hydrogen-bond donors (Lipinski definition) is 16. The van der Waals surface area contributed by atoms with Crippen LogP contribution in [-0.2, 0) is 43.7 Å². The van der Waals surface area contributed by atoms with Crippen LogP contribution >= 0.6 is 15.9 Å². The number of anilines is 7. The molecule has 6 aromatic carbocycles. The molecule has 0 aliphatic heterocycles. The molecule has 1 aliphatic carbocycles. The lowest BCUT2D eigenvalue weighted by Gasteiger charge is -2.36. The Kier molecular flexibility index (Phi) is 40.9. The minimum absolute atomic E-state index is 0.117. The smallest absolute Gasteiger partial charge is 0.354 e. The lowest BCUT2D eigenvalue weighted by Crippen LogP contribution is -2.41. The number of amides is 8. The number of nitrogens with one attached hydrogen (secondary N) is 4. The lowest BCUT2D eigenvalue weighted by molar-refractivity contribution is 0.0681. The molecule has 6 heterocycles. The van der Waals surface area contributed by atoms with E-state index in [0.29, 0.717) is 203 Å². The first-order valence-corrected chi connectivity index (χ1v) is 50.9. The number of hydrogen-bond acceptors (Lipinski definition) is 30. The summed E-state index contributed by atoms with van der Waals surface area (Å²) < 4.78 is 50.7. The molecule has 0 saturated carbocycles. The average Bonchev–Trinajstić information content (AvgIpc) is 1.63. The molecule has 1 aliphatic rings. The van der Waals surface area contributed by atoms with Crippen LogP contribution in [0.4, 0.5) is 40.6 Å². The maximum atomic E-state index is 13.6. The van der Waals surface area contributed by atoms with Gasteiger partial charge in [-0.3, -0.25) is 63.0 Å². The second kappa shape index (κ2) is 52.7. The zero-order valence-electron chi connectivity index (χ0n) is 85.4. The molecule has 45 nitrogen and oxygen atoms in total. The van der Waals surface area contributed by atoms with Gasteiger partial charge in [0.15, 0.2) is 8.32 Å². The molecule has 0 saturated heterocycles. The molecule has 6 aromatic heterocycles. The minimum Gasteiger partial charge on any atom is -0.496 e. The van der Waals surface area contributed by atoms with Crippen LogP contribution in [0.25, 0.3) is 39.2 Å². The first kappa shape index (κ1) is 115. The van der Waals surface area contributed by atoms with Crippen LogP contribution in [0.2, 0.25) is 18.1 Å². The summed E-state index contributed by atoms with van der Waals surface area (Å²) in [6.45, 7) is 28.7. The molecule has 47 heteroatoms. The Labute approximate surface area is 863 Å². The molecular formula is C101H130BrN27O18Si. The fourth-order valence-electron chi connectivity index (χ4n) is 15.5. The highest BCUT2D eigenvalue weighted by atomic mass is 79.9. The van der Waals surface area contributed by atoms with Gasteiger partial charge in [0.25, 0.3) is 11.8 Å². The van der Waals surface area contributed by atoms with E-state index in [9.17, 15) is 48.3 Å².